The van der Waals surface area contributed by atoms with Gasteiger partial charge in [0.25, 0.3) is 0 Å². The first kappa shape index (κ1) is 9.92. The van der Waals surface area contributed by atoms with Crippen molar-refractivity contribution in [1.29, 1.82) is 0 Å². The molecule has 0 spiro atoms. The van der Waals surface area contributed by atoms with Crippen molar-refractivity contribution in [3.63, 3.8) is 0 Å². The smallest absolute Gasteiger partial charge is 0.339 e. The lowest BCUT2D eigenvalue weighted by molar-refractivity contribution is 0.0694. The van der Waals surface area contributed by atoms with Gasteiger partial charge in [-0.05, 0) is 12.1 Å². The zero-order valence-electron chi connectivity index (χ0n) is 5.82. The van der Waals surface area contributed by atoms with Crippen molar-refractivity contribution in [3.05, 3.63) is 29.8 Å². The van der Waals surface area contributed by atoms with Crippen LogP contribution in [-0.2, 0) is 0 Å². The number of para-hydroxylation sites is 1. The van der Waals surface area contributed by atoms with Gasteiger partial charge in [0.2, 0.25) is 0 Å². The van der Waals surface area contributed by atoms with E-state index in [0.29, 0.717) is 0 Å². The SMILES string of the molecule is O=C(O)c1ccccc1O.P. The van der Waals surface area contributed by atoms with E-state index >= 15 is 0 Å². The van der Waals surface area contributed by atoms with Crippen molar-refractivity contribution in [1.82, 2.24) is 0 Å². The second kappa shape index (κ2) is 3.94. The minimum atomic E-state index is -1.11. The number of hydrogen-bond acceptors (Lipinski definition) is 2. The topological polar surface area (TPSA) is 57.5 Å². The van der Waals surface area contributed by atoms with Gasteiger partial charge in [0.15, 0.2) is 0 Å². The third-order valence-corrected chi connectivity index (χ3v) is 1.13. The number of phenols is 1. The number of carboxylic acid groups (broad SMARTS) is 1. The molecular formula is C7H9O3P. The van der Waals surface area contributed by atoms with E-state index < -0.39 is 5.97 Å². The number of hydrogen-bond donors (Lipinski definition) is 2. The van der Waals surface area contributed by atoms with Crippen molar-refractivity contribution < 1.29 is 15.0 Å². The molecule has 1 unspecified atom stereocenters. The molecule has 0 aliphatic heterocycles. The fourth-order valence-corrected chi connectivity index (χ4v) is 0.654. The molecule has 1 aromatic carbocycles. The molecule has 0 radical (unpaired) electrons. The highest BCUT2D eigenvalue weighted by molar-refractivity contribution is 6.92. The normalized spacial score (nSPS) is 8.36. The molecular weight excluding hydrogens is 163 g/mol. The van der Waals surface area contributed by atoms with Crippen LogP contribution in [-0.4, -0.2) is 16.2 Å². The number of aromatic carboxylic acids is 1. The van der Waals surface area contributed by atoms with Crippen LogP contribution in [0.1, 0.15) is 10.4 Å². The standard InChI is InChI=1S/C7H6O3.H3P/c8-6-4-2-1-3-5(6)7(9)10;/h1-4,8H,(H,9,10);1H3. The molecule has 60 valence electrons. The molecule has 3 nitrogen and oxygen atoms in total. The predicted octanol–water partition coefficient (Wildman–Crippen LogP) is 1.15. The summed E-state index contributed by atoms with van der Waals surface area (Å²) in [6.07, 6.45) is 0. The minimum absolute atomic E-state index is 0. The highest BCUT2D eigenvalue weighted by Gasteiger charge is 2.05. The summed E-state index contributed by atoms with van der Waals surface area (Å²) in [5, 5.41) is 17.3. The molecule has 0 aliphatic rings. The summed E-state index contributed by atoms with van der Waals surface area (Å²) < 4.78 is 0. The second-order valence-corrected chi connectivity index (χ2v) is 1.82. The van der Waals surface area contributed by atoms with Gasteiger partial charge in [0, 0.05) is 0 Å². The molecule has 1 rings (SSSR count). The lowest BCUT2D eigenvalue weighted by atomic mass is 10.2. The van der Waals surface area contributed by atoms with Gasteiger partial charge in [-0.3, -0.25) is 0 Å². The van der Waals surface area contributed by atoms with Crippen LogP contribution in [0.25, 0.3) is 0 Å². The molecule has 0 fully saturated rings. The first-order valence-electron chi connectivity index (χ1n) is 2.73. The Morgan fingerprint density at radius 3 is 2.18 bits per heavy atom. The monoisotopic (exact) mass is 172 g/mol. The summed E-state index contributed by atoms with van der Waals surface area (Å²) in [6, 6.07) is 5.81. The molecule has 0 saturated heterocycles. The fraction of sp³-hybridized carbons (Fsp3) is 0. The largest absolute Gasteiger partial charge is 0.507 e. The number of carbonyl (C=O) groups is 1. The summed E-state index contributed by atoms with van der Waals surface area (Å²) in [5.74, 6) is -1.31. The molecule has 0 aromatic heterocycles. The van der Waals surface area contributed by atoms with Crippen molar-refractivity contribution in [2.75, 3.05) is 0 Å². The van der Waals surface area contributed by atoms with Gasteiger partial charge >= 0.3 is 5.97 Å². The van der Waals surface area contributed by atoms with E-state index in [1.807, 2.05) is 0 Å². The fourth-order valence-electron chi connectivity index (χ4n) is 0.654. The van der Waals surface area contributed by atoms with Gasteiger partial charge < -0.3 is 10.2 Å². The van der Waals surface area contributed by atoms with Crippen molar-refractivity contribution >= 4 is 15.9 Å². The number of aromatic hydroxyl groups is 1. The van der Waals surface area contributed by atoms with E-state index in [-0.39, 0.29) is 21.2 Å². The average Bonchev–Trinajstić information content (AvgIpc) is 1.88. The molecule has 0 saturated carbocycles. The van der Waals surface area contributed by atoms with Crippen LogP contribution in [0.4, 0.5) is 0 Å². The number of benzene rings is 1. The Labute approximate surface area is 67.3 Å². The Kier molecular flexibility index (Phi) is 3.55. The van der Waals surface area contributed by atoms with Gasteiger partial charge in [0.05, 0.1) is 0 Å². The van der Waals surface area contributed by atoms with Crippen LogP contribution in [0, 0.1) is 0 Å². The molecule has 0 amide bonds. The molecule has 0 bridgehead atoms. The number of rotatable bonds is 1. The summed E-state index contributed by atoms with van der Waals surface area (Å²) in [5.41, 5.74) is -0.0671. The number of carboxylic acids is 1. The van der Waals surface area contributed by atoms with Crippen molar-refractivity contribution in [2.24, 2.45) is 0 Å². The molecule has 2 N–H and O–H groups in total. The second-order valence-electron chi connectivity index (χ2n) is 1.82. The van der Waals surface area contributed by atoms with Crippen LogP contribution >= 0.6 is 9.90 Å². The maximum atomic E-state index is 10.3. The Hall–Kier alpha value is -1.08. The lowest BCUT2D eigenvalue weighted by Gasteiger charge is -1.95. The van der Waals surface area contributed by atoms with E-state index in [0.717, 1.165) is 0 Å². The first-order valence-corrected chi connectivity index (χ1v) is 2.73. The summed E-state index contributed by atoms with van der Waals surface area (Å²) in [7, 11) is 0. The Morgan fingerprint density at radius 2 is 1.82 bits per heavy atom. The van der Waals surface area contributed by atoms with E-state index in [4.69, 9.17) is 10.2 Å². The summed E-state index contributed by atoms with van der Waals surface area (Å²) in [6.45, 7) is 0. The third kappa shape index (κ3) is 2.20. The highest BCUT2D eigenvalue weighted by atomic mass is 31.0. The maximum absolute atomic E-state index is 10.3. The average molecular weight is 172 g/mol. The van der Waals surface area contributed by atoms with Gasteiger partial charge in [-0.1, -0.05) is 12.1 Å². The van der Waals surface area contributed by atoms with Gasteiger partial charge in [0.1, 0.15) is 11.3 Å². The van der Waals surface area contributed by atoms with Crippen LogP contribution in [0.15, 0.2) is 24.3 Å². The Morgan fingerprint density at radius 1 is 1.27 bits per heavy atom. The van der Waals surface area contributed by atoms with Gasteiger partial charge in [-0.15, -0.1) is 0 Å². The van der Waals surface area contributed by atoms with Crippen LogP contribution < -0.4 is 0 Å². The third-order valence-electron chi connectivity index (χ3n) is 1.13. The zero-order valence-corrected chi connectivity index (χ0v) is 7.23. The lowest BCUT2D eigenvalue weighted by Crippen LogP contribution is -1.95. The minimum Gasteiger partial charge on any atom is -0.507 e. The van der Waals surface area contributed by atoms with Gasteiger partial charge in [-0.25, -0.2) is 4.79 Å². The Bertz CT molecular complexity index is 260. The Balaban J connectivity index is 0.000001000. The molecule has 11 heavy (non-hydrogen) atoms. The quantitative estimate of drug-likeness (QED) is 0.624. The van der Waals surface area contributed by atoms with E-state index in [2.05, 4.69) is 0 Å². The van der Waals surface area contributed by atoms with Crippen LogP contribution in [0.5, 0.6) is 5.75 Å². The van der Waals surface area contributed by atoms with Crippen LogP contribution in [0.3, 0.4) is 0 Å². The van der Waals surface area contributed by atoms with E-state index in [1.165, 1.54) is 12.1 Å². The van der Waals surface area contributed by atoms with Crippen molar-refractivity contribution in [2.45, 2.75) is 0 Å². The molecule has 0 aliphatic carbocycles. The summed E-state index contributed by atoms with van der Waals surface area (Å²) >= 11 is 0. The highest BCUT2D eigenvalue weighted by Crippen LogP contribution is 2.14. The maximum Gasteiger partial charge on any atom is 0.339 e. The van der Waals surface area contributed by atoms with E-state index in [1.54, 1.807) is 12.1 Å². The molecule has 4 heteroatoms. The summed E-state index contributed by atoms with van der Waals surface area (Å²) in [4.78, 5) is 10.3. The first-order chi connectivity index (χ1) is 4.72. The van der Waals surface area contributed by atoms with Crippen LogP contribution in [0.2, 0.25) is 0 Å². The predicted molar refractivity (Wildman–Crippen MR) is 46.2 cm³/mol. The van der Waals surface area contributed by atoms with Crippen molar-refractivity contribution in [3.8, 4) is 5.75 Å². The molecule has 1 aromatic rings. The molecule has 1 atom stereocenters. The van der Waals surface area contributed by atoms with E-state index in [9.17, 15) is 4.79 Å². The van der Waals surface area contributed by atoms with Gasteiger partial charge in [-0.2, -0.15) is 9.90 Å². The molecule has 0 heterocycles. The zero-order chi connectivity index (χ0) is 7.56.